The van der Waals surface area contributed by atoms with Crippen LogP contribution in [-0.2, 0) is 114 Å². The Morgan fingerprint density at radius 1 is 0.436 bits per heavy atom. The van der Waals surface area contributed by atoms with E-state index in [0.717, 1.165) is 4.90 Å². The zero-order chi connectivity index (χ0) is 103. The molecule has 0 unspecified atom stereocenters. The van der Waals surface area contributed by atoms with E-state index in [1.54, 1.807) is 102 Å². The molecule has 20 amide bonds. The number of aliphatic carboxylic acids is 1. The molecule has 140 heavy (non-hydrogen) atoms. The highest BCUT2D eigenvalue weighted by Crippen LogP contribution is 2.30. The highest BCUT2D eigenvalue weighted by molar-refractivity contribution is 6.02. The number of aliphatic hydroxyl groups is 3. The van der Waals surface area contributed by atoms with E-state index in [9.17, 15) is 116 Å². The monoisotopic (exact) mass is 1970 g/mol. The predicted octanol–water partition coefficient (Wildman–Crippen LogP) is -7.33. The smallest absolute Gasteiger partial charge is 0.328 e. The van der Waals surface area contributed by atoms with Gasteiger partial charge < -0.3 is 142 Å². The number of fused-ring (bicyclic) bond motifs is 1. The summed E-state index contributed by atoms with van der Waals surface area (Å²) in [6.45, 7) is 9.69. The highest BCUT2D eigenvalue weighted by atomic mass is 16.4. The average molecular weight is 1970 g/mol. The van der Waals surface area contributed by atoms with Gasteiger partial charge in [0.05, 0.1) is 45.5 Å². The third-order valence-electron chi connectivity index (χ3n) is 25.0. The summed E-state index contributed by atoms with van der Waals surface area (Å²) in [4.78, 5) is 296. The molecule has 26 N–H and O–H groups in total. The van der Waals surface area contributed by atoms with Gasteiger partial charge in [-0.05, 0) is 139 Å². The number of amides is 20. The number of aromatic nitrogens is 1. The first kappa shape index (κ1) is 114. The second kappa shape index (κ2) is 55.4. The fraction of sp³-hybridized carbons (Fsp3) is 0.620. The molecule has 0 aliphatic carbocycles. The third kappa shape index (κ3) is 33.2. The van der Waals surface area contributed by atoms with Crippen molar-refractivity contribution in [2.75, 3.05) is 72.2 Å². The fourth-order valence-electron chi connectivity index (χ4n) is 16.8. The van der Waals surface area contributed by atoms with E-state index in [4.69, 9.17) is 17.2 Å². The number of likely N-dealkylation sites (tertiary alicyclic amines) is 4. The lowest BCUT2D eigenvalue weighted by atomic mass is 9.96. The van der Waals surface area contributed by atoms with E-state index in [-0.39, 0.29) is 89.9 Å². The van der Waals surface area contributed by atoms with Crippen LogP contribution in [0.4, 0.5) is 0 Å². The summed E-state index contributed by atoms with van der Waals surface area (Å²) in [6, 6.07) is -7.26. The number of nitrogens with zero attached hydrogens (tertiary/aromatic N) is 4. The van der Waals surface area contributed by atoms with Crippen LogP contribution in [0.5, 0.6) is 0 Å². The Hall–Kier alpha value is -13.3. The number of nitrogens with two attached hydrogens (primary N) is 3. The summed E-state index contributed by atoms with van der Waals surface area (Å²) in [5.74, 6) is -19.9. The van der Waals surface area contributed by atoms with Gasteiger partial charge in [-0.3, -0.25) is 95.9 Å². The second-order valence-electron chi connectivity index (χ2n) is 36.5. The van der Waals surface area contributed by atoms with Crippen molar-refractivity contribution in [3.05, 3.63) is 71.9 Å². The number of rotatable bonds is 54. The molecule has 4 aliphatic heterocycles. The van der Waals surface area contributed by atoms with E-state index < -0.39 is 291 Å². The normalized spacial score (nSPS) is 18.7. The largest absolute Gasteiger partial charge is 0.480 e. The molecule has 2 aromatic carbocycles. The van der Waals surface area contributed by atoms with Gasteiger partial charge in [-0.2, -0.15) is 0 Å². The standard InChI is InChI=1S/C92H139N23O25/c1-10-50(6)75(111-82(129)60(38-48(2)3)105-81(128)62(40-55-41-96-58-26-15-14-24-56(55)58)106-80(127)59(31-32-70(95)119)103-87(134)74(49(4)5)110-83(130)61(39-54-22-12-11-13-23-54)104-77(124)52(8)101-78(125)57(94)25-16-17-33-93)88(135)102-51(7)76(123)98-42-71(120)97-44-73(122)112-34-18-27-66(112)85(132)108-64(46-117)84(131)107-63(45-116)79(126)99-43-72(121)100-53(9)89(136)114-36-20-29-68(114)91(138)115-37-21-30-69(115)90(137)113-35-19-28-67(113)86(133)109-65(47-118)92(139)140/h11-15,22-24,26,41,48-53,57,59-69,74-75,96,116-118H,10,16-21,25,27-40,42-47,93-94H2,1-9H3,(H2,95,119)(H,97,120)(H,98,123)(H,99,126)(H,100,121)(H,101,125)(H,102,135)(H,103,134)(H,104,124)(H,105,128)(H,106,127)(H,107,131)(H,108,132)(H,109,133)(H,110,130)(H,111,129)(H,139,140)/t50-,51-,52-,53-,57-,59-,60-,61-,62-,63-,64-,65-,66-,67-,68-,69-,74-,75-/m0/s1. The van der Waals surface area contributed by atoms with E-state index in [0.29, 0.717) is 67.1 Å². The minimum atomic E-state index is -1.78. The van der Waals surface area contributed by atoms with Crippen LogP contribution in [0.25, 0.3) is 10.9 Å². The number of unbranched alkanes of at least 4 members (excludes halogenated alkanes) is 1. The third-order valence-corrected chi connectivity index (χ3v) is 25.0. The number of nitrogens with one attached hydrogen (secondary N) is 16. The van der Waals surface area contributed by atoms with Crippen LogP contribution in [0.1, 0.15) is 170 Å². The maximum atomic E-state index is 15.0. The summed E-state index contributed by atoms with van der Waals surface area (Å²) in [5.41, 5.74) is 19.1. The van der Waals surface area contributed by atoms with Crippen LogP contribution in [0.3, 0.4) is 0 Å². The number of hydrogen-bond acceptors (Lipinski definition) is 26. The van der Waals surface area contributed by atoms with Gasteiger partial charge in [-0.15, -0.1) is 0 Å². The topological polar surface area (TPSA) is 727 Å². The van der Waals surface area contributed by atoms with Crippen LogP contribution in [0.2, 0.25) is 0 Å². The molecule has 4 fully saturated rings. The van der Waals surface area contributed by atoms with Crippen molar-refractivity contribution in [3.63, 3.8) is 0 Å². The van der Waals surface area contributed by atoms with E-state index in [1.807, 2.05) is 0 Å². The van der Waals surface area contributed by atoms with Crippen molar-refractivity contribution in [3.8, 4) is 0 Å². The fourth-order valence-corrected chi connectivity index (χ4v) is 16.8. The summed E-state index contributed by atoms with van der Waals surface area (Å²) < 4.78 is 0. The number of aliphatic hydroxyl groups excluding tert-OH is 3. The van der Waals surface area contributed by atoms with Gasteiger partial charge in [0.2, 0.25) is 118 Å². The van der Waals surface area contributed by atoms with Crippen LogP contribution in [0, 0.1) is 17.8 Å². The lowest BCUT2D eigenvalue weighted by Crippen LogP contribution is -2.61. The second-order valence-corrected chi connectivity index (χ2v) is 36.5. The van der Waals surface area contributed by atoms with Crippen molar-refractivity contribution >= 4 is 135 Å². The molecule has 1 aromatic heterocycles. The number of carbonyl (C=O) groups is 21. The van der Waals surface area contributed by atoms with E-state index in [1.165, 1.54) is 35.5 Å². The average Bonchev–Trinajstić information content (AvgIpc) is 1.64. The zero-order valence-electron chi connectivity index (χ0n) is 80.5. The molecular weight excluding hydrogens is 1830 g/mol. The first-order chi connectivity index (χ1) is 66.4. The van der Waals surface area contributed by atoms with Crippen LogP contribution >= 0.6 is 0 Å². The molecule has 48 heteroatoms. The van der Waals surface area contributed by atoms with Gasteiger partial charge >= 0.3 is 5.97 Å². The maximum absolute atomic E-state index is 15.0. The van der Waals surface area contributed by atoms with Gasteiger partial charge in [0, 0.05) is 62.5 Å². The summed E-state index contributed by atoms with van der Waals surface area (Å²) in [6.07, 6.45) is 4.41. The molecule has 3 aromatic rings. The lowest BCUT2D eigenvalue weighted by molar-refractivity contribution is -0.151. The Labute approximate surface area is 810 Å². The van der Waals surface area contributed by atoms with Gasteiger partial charge in [-0.1, -0.05) is 103 Å². The first-order valence-corrected chi connectivity index (χ1v) is 47.5. The van der Waals surface area contributed by atoms with Crippen molar-refractivity contribution in [2.24, 2.45) is 35.0 Å². The summed E-state index contributed by atoms with van der Waals surface area (Å²) in [7, 11) is 0. The number of hydrogen-bond donors (Lipinski definition) is 23. The molecule has 0 radical (unpaired) electrons. The number of benzene rings is 2. The zero-order valence-corrected chi connectivity index (χ0v) is 80.5. The SMILES string of the molecule is CC[C@H](C)[C@H](NC(=O)[C@H](CC(C)C)NC(=O)[C@H](Cc1c[nH]c2ccccc12)NC(=O)[C@H](CCC(N)=O)NC(=O)[C@@H](NC(=O)[C@H](Cc1ccccc1)NC(=O)[C@H](C)NC(=O)[C@@H](N)CCCCN)C(C)C)C(=O)N[C@@H](C)C(=O)NCC(=O)NCC(=O)N1CCC[C@H]1C(=O)N[C@@H](CO)C(=O)N[C@@H](CO)C(=O)NCC(=O)N[C@@H](C)C(=O)N1CCC[C@H]1C(=O)N1CCC[C@H]1C(=O)N1CCC[C@H]1C(=O)N[C@@H](CO)C(=O)O. The van der Waals surface area contributed by atoms with Crippen LogP contribution < -0.4 is 97.0 Å². The number of carboxylic acid groups (broad SMARTS) is 1. The Bertz CT molecular complexity index is 4890. The Balaban J connectivity index is 0.896. The number of H-pyrrole nitrogens is 1. The molecule has 0 bridgehead atoms. The van der Waals surface area contributed by atoms with Crippen LogP contribution in [0.15, 0.2) is 60.8 Å². The Kier molecular flexibility index (Phi) is 45.0. The minimum absolute atomic E-state index is 0.00748. The Morgan fingerprint density at radius 2 is 0.907 bits per heavy atom. The molecule has 4 saturated heterocycles. The lowest BCUT2D eigenvalue weighted by Gasteiger charge is -2.34. The molecule has 772 valence electrons. The van der Waals surface area contributed by atoms with Crippen molar-refractivity contribution in [1.82, 2.24) is 104 Å². The summed E-state index contributed by atoms with van der Waals surface area (Å²) in [5, 5.41) is 77.3. The van der Waals surface area contributed by atoms with Gasteiger partial charge in [0.15, 0.2) is 0 Å². The van der Waals surface area contributed by atoms with Crippen molar-refractivity contribution < 1.29 is 121 Å². The highest BCUT2D eigenvalue weighted by Gasteiger charge is 2.48. The van der Waals surface area contributed by atoms with Crippen molar-refractivity contribution in [2.45, 2.75) is 274 Å². The molecular formula is C92H139N23O25. The number of primary amides is 1. The summed E-state index contributed by atoms with van der Waals surface area (Å²) >= 11 is 0. The van der Waals surface area contributed by atoms with E-state index in [2.05, 4.69) is 84.7 Å². The molecule has 48 nitrogen and oxygen atoms in total. The Morgan fingerprint density at radius 3 is 1.51 bits per heavy atom. The molecule has 18 atom stereocenters. The molecule has 7 rings (SSSR count). The number of aromatic amines is 1. The maximum Gasteiger partial charge on any atom is 0.328 e. The number of carbonyl (C=O) groups excluding carboxylic acids is 20. The molecule has 0 spiro atoms. The predicted molar refractivity (Wildman–Crippen MR) is 502 cm³/mol. The van der Waals surface area contributed by atoms with Crippen LogP contribution in [-0.4, -0.2) is 344 Å². The van der Waals surface area contributed by atoms with E-state index >= 15 is 4.79 Å². The first-order valence-electron chi connectivity index (χ1n) is 47.5. The quantitative estimate of drug-likeness (QED) is 0.0234. The molecule has 5 heterocycles. The number of para-hydroxylation sites is 1. The minimum Gasteiger partial charge on any atom is -0.480 e. The van der Waals surface area contributed by atoms with Gasteiger partial charge in [0.1, 0.15) is 96.7 Å². The number of carboxylic acids is 1. The van der Waals surface area contributed by atoms with Gasteiger partial charge in [-0.25, -0.2) is 4.79 Å². The molecule has 4 aliphatic rings. The van der Waals surface area contributed by atoms with Crippen molar-refractivity contribution in [1.29, 1.82) is 0 Å². The van der Waals surface area contributed by atoms with Gasteiger partial charge in [0.25, 0.3) is 0 Å². The molecule has 0 saturated carbocycles.